The number of anilines is 2. The van der Waals surface area contributed by atoms with Crippen LogP contribution in [0.4, 0.5) is 11.4 Å². The van der Waals surface area contributed by atoms with Crippen LogP contribution in [0, 0.1) is 0 Å². The molecule has 0 aliphatic carbocycles. The number of carbonyl (C=O) groups excluding carboxylic acids is 2. The maximum atomic E-state index is 14.2. The summed E-state index contributed by atoms with van der Waals surface area (Å²) < 4.78 is 16.6. The number of fused-ring (bicyclic) bond motifs is 1. The Labute approximate surface area is 255 Å². The Kier molecular flexibility index (Phi) is 8.77. The summed E-state index contributed by atoms with van der Waals surface area (Å²) in [6.45, 7) is 3.33. The summed E-state index contributed by atoms with van der Waals surface area (Å²) in [5.74, 6) is 0.601. The van der Waals surface area contributed by atoms with E-state index in [1.807, 2.05) is 72.8 Å². The van der Waals surface area contributed by atoms with E-state index in [2.05, 4.69) is 10.2 Å². The number of hydrogen-bond acceptors (Lipinski definition) is 6. The predicted molar refractivity (Wildman–Crippen MR) is 166 cm³/mol. The molecule has 0 bridgehead atoms. The monoisotopic (exact) mass is 597 g/mol. The first kappa shape index (κ1) is 28.6. The molecular formula is C34H32ClN3O5. The number of rotatable bonds is 9. The number of carbonyl (C=O) groups is 2. The van der Waals surface area contributed by atoms with Crippen molar-refractivity contribution in [3.63, 3.8) is 0 Å². The van der Waals surface area contributed by atoms with Gasteiger partial charge in [-0.25, -0.2) is 0 Å². The van der Waals surface area contributed by atoms with Crippen LogP contribution in [-0.4, -0.2) is 49.8 Å². The van der Waals surface area contributed by atoms with Crippen LogP contribution in [0.5, 0.6) is 11.5 Å². The van der Waals surface area contributed by atoms with Crippen molar-refractivity contribution in [1.29, 1.82) is 0 Å². The Bertz CT molecular complexity index is 1560. The van der Waals surface area contributed by atoms with Crippen LogP contribution in [0.25, 0.3) is 0 Å². The summed E-state index contributed by atoms with van der Waals surface area (Å²) in [5, 5.41) is 3.66. The molecule has 2 amide bonds. The van der Waals surface area contributed by atoms with Gasteiger partial charge in [-0.1, -0.05) is 60.1 Å². The van der Waals surface area contributed by atoms with Crippen molar-refractivity contribution in [1.82, 2.24) is 4.90 Å². The summed E-state index contributed by atoms with van der Waals surface area (Å²) in [7, 11) is 0. The number of morpholine rings is 1. The average Bonchev–Trinajstić information content (AvgIpc) is 3.51. The van der Waals surface area contributed by atoms with Gasteiger partial charge in [-0.15, -0.1) is 0 Å². The first-order valence-corrected chi connectivity index (χ1v) is 14.6. The molecule has 1 saturated heterocycles. The molecule has 0 aromatic heterocycles. The van der Waals surface area contributed by atoms with E-state index in [0.717, 1.165) is 29.9 Å². The van der Waals surface area contributed by atoms with Gasteiger partial charge in [0, 0.05) is 36.0 Å². The van der Waals surface area contributed by atoms with Gasteiger partial charge in [-0.3, -0.25) is 9.59 Å². The molecule has 2 heterocycles. The summed E-state index contributed by atoms with van der Waals surface area (Å²) >= 11 is 6.15. The van der Waals surface area contributed by atoms with Gasteiger partial charge < -0.3 is 29.3 Å². The smallest absolute Gasteiger partial charge is 0.251 e. The van der Waals surface area contributed by atoms with Crippen molar-refractivity contribution in [2.45, 2.75) is 19.0 Å². The lowest BCUT2D eigenvalue weighted by Crippen LogP contribution is -2.41. The number of benzene rings is 4. The second-order valence-corrected chi connectivity index (χ2v) is 10.9. The Morgan fingerprint density at radius 3 is 2.30 bits per heavy atom. The second-order valence-electron chi connectivity index (χ2n) is 10.5. The zero-order valence-electron chi connectivity index (χ0n) is 23.6. The topological polar surface area (TPSA) is 80.3 Å². The molecule has 4 aromatic carbocycles. The number of halogens is 1. The van der Waals surface area contributed by atoms with Crippen LogP contribution in [0.15, 0.2) is 97.1 Å². The molecule has 2 aliphatic heterocycles. The van der Waals surface area contributed by atoms with Crippen molar-refractivity contribution < 1.29 is 23.8 Å². The lowest BCUT2D eigenvalue weighted by Gasteiger charge is -2.32. The molecule has 2 aliphatic rings. The first-order chi connectivity index (χ1) is 21.0. The molecule has 0 saturated carbocycles. The van der Waals surface area contributed by atoms with Gasteiger partial charge in [0.15, 0.2) is 11.5 Å². The fourth-order valence-corrected chi connectivity index (χ4v) is 5.45. The van der Waals surface area contributed by atoms with Gasteiger partial charge in [0.25, 0.3) is 5.91 Å². The lowest BCUT2D eigenvalue weighted by atomic mass is 10.0. The van der Waals surface area contributed by atoms with Gasteiger partial charge in [0.05, 0.1) is 19.6 Å². The third kappa shape index (κ3) is 6.93. The molecule has 4 aromatic rings. The Hall–Kier alpha value is -4.53. The van der Waals surface area contributed by atoms with Gasteiger partial charge >= 0.3 is 0 Å². The number of amides is 2. The molecule has 43 heavy (non-hydrogen) atoms. The maximum Gasteiger partial charge on any atom is 0.251 e. The summed E-state index contributed by atoms with van der Waals surface area (Å²) in [6, 6.07) is 29.0. The molecule has 8 nitrogen and oxygen atoms in total. The summed E-state index contributed by atoms with van der Waals surface area (Å²) in [5.41, 5.74) is 4.02. The molecule has 1 N–H and O–H groups in total. The highest BCUT2D eigenvalue weighted by Crippen LogP contribution is 2.37. The molecule has 220 valence electrons. The van der Waals surface area contributed by atoms with E-state index in [4.69, 9.17) is 25.8 Å². The van der Waals surface area contributed by atoms with E-state index in [-0.39, 0.29) is 31.6 Å². The summed E-state index contributed by atoms with van der Waals surface area (Å²) in [4.78, 5) is 32.1. The SMILES string of the molecule is O=C(Nc1ccc(N2CCOCC2)cc1)C(c1ccc2c(c1)OCO2)N(Cc1ccc(Cl)cc1)C(=O)Cc1ccccc1. The van der Waals surface area contributed by atoms with E-state index >= 15 is 0 Å². The predicted octanol–water partition coefficient (Wildman–Crippen LogP) is 5.86. The molecular weight excluding hydrogens is 566 g/mol. The van der Waals surface area contributed by atoms with E-state index < -0.39 is 6.04 Å². The average molecular weight is 598 g/mol. The zero-order chi connectivity index (χ0) is 29.6. The highest BCUT2D eigenvalue weighted by molar-refractivity contribution is 6.30. The molecule has 0 radical (unpaired) electrons. The first-order valence-electron chi connectivity index (χ1n) is 14.2. The fourth-order valence-electron chi connectivity index (χ4n) is 5.33. The summed E-state index contributed by atoms with van der Waals surface area (Å²) in [6.07, 6.45) is 0.136. The molecule has 1 fully saturated rings. The van der Waals surface area contributed by atoms with Gasteiger partial charge in [0.1, 0.15) is 6.04 Å². The van der Waals surface area contributed by atoms with Crippen molar-refractivity contribution in [3.05, 3.63) is 119 Å². The largest absolute Gasteiger partial charge is 0.454 e. The Morgan fingerprint density at radius 2 is 1.56 bits per heavy atom. The number of ether oxygens (including phenoxy) is 3. The highest BCUT2D eigenvalue weighted by atomic mass is 35.5. The lowest BCUT2D eigenvalue weighted by molar-refractivity contribution is -0.139. The molecule has 1 unspecified atom stereocenters. The third-order valence-corrected chi connectivity index (χ3v) is 7.82. The molecule has 6 rings (SSSR count). The molecule has 9 heteroatoms. The molecule has 1 atom stereocenters. The quantitative estimate of drug-likeness (QED) is 0.260. The normalized spacial score (nSPS) is 14.7. The van der Waals surface area contributed by atoms with E-state index in [9.17, 15) is 9.59 Å². The van der Waals surface area contributed by atoms with Gasteiger partial charge in [-0.05, 0) is 65.2 Å². The van der Waals surface area contributed by atoms with Crippen molar-refractivity contribution >= 4 is 34.8 Å². The number of nitrogens with zero attached hydrogens (tertiary/aromatic N) is 2. The standard InChI is InChI=1S/C34H32ClN3O5/c35-27-9-6-25(7-10-27)22-38(32(39)20-24-4-2-1-3-5-24)33(26-8-15-30-31(21-26)43-23-42-30)34(40)36-28-11-13-29(14-12-28)37-16-18-41-19-17-37/h1-15,21,33H,16-20,22-23H2,(H,36,40). The van der Waals surface area contributed by atoms with Crippen LogP contribution in [0.1, 0.15) is 22.7 Å². The van der Waals surface area contributed by atoms with Gasteiger partial charge in [-0.2, -0.15) is 0 Å². The maximum absolute atomic E-state index is 14.2. The van der Waals surface area contributed by atoms with Crippen LogP contribution in [-0.2, 0) is 27.3 Å². The van der Waals surface area contributed by atoms with Crippen molar-refractivity contribution in [2.75, 3.05) is 43.3 Å². The minimum atomic E-state index is -0.958. The second kappa shape index (κ2) is 13.2. The van der Waals surface area contributed by atoms with Crippen LogP contribution < -0.4 is 19.7 Å². The number of hydrogen-bond donors (Lipinski definition) is 1. The van der Waals surface area contributed by atoms with Crippen LogP contribution in [0.2, 0.25) is 5.02 Å². The number of nitrogens with one attached hydrogen (secondary N) is 1. The van der Waals surface area contributed by atoms with Crippen molar-refractivity contribution in [3.8, 4) is 11.5 Å². The Morgan fingerprint density at radius 1 is 0.837 bits per heavy atom. The van der Waals surface area contributed by atoms with E-state index in [1.54, 1.807) is 29.2 Å². The zero-order valence-corrected chi connectivity index (χ0v) is 24.3. The Balaban J connectivity index is 1.33. The van der Waals surface area contributed by atoms with E-state index in [1.165, 1.54) is 0 Å². The fraction of sp³-hybridized carbons (Fsp3) is 0.235. The van der Waals surface area contributed by atoms with Gasteiger partial charge in [0.2, 0.25) is 12.7 Å². The van der Waals surface area contributed by atoms with E-state index in [0.29, 0.717) is 41.0 Å². The molecule has 0 spiro atoms. The highest BCUT2D eigenvalue weighted by Gasteiger charge is 2.33. The minimum absolute atomic E-state index is 0.104. The minimum Gasteiger partial charge on any atom is -0.454 e. The third-order valence-electron chi connectivity index (χ3n) is 7.57. The van der Waals surface area contributed by atoms with Crippen LogP contribution >= 0.6 is 11.6 Å². The van der Waals surface area contributed by atoms with Crippen molar-refractivity contribution in [2.24, 2.45) is 0 Å². The van der Waals surface area contributed by atoms with Crippen LogP contribution in [0.3, 0.4) is 0 Å².